The molecule has 1 aromatic carbocycles. The van der Waals surface area contributed by atoms with E-state index in [0.717, 1.165) is 4.31 Å². The highest BCUT2D eigenvalue weighted by Crippen LogP contribution is 2.24. The van der Waals surface area contributed by atoms with Gasteiger partial charge in [0.15, 0.2) is 0 Å². The molecule has 0 radical (unpaired) electrons. The lowest BCUT2D eigenvalue weighted by atomic mass is 10.2. The van der Waals surface area contributed by atoms with Gasteiger partial charge in [-0.15, -0.1) is 0 Å². The number of carboxylic acid groups (broad SMARTS) is 1. The van der Waals surface area contributed by atoms with Crippen molar-refractivity contribution in [2.24, 2.45) is 0 Å². The van der Waals surface area contributed by atoms with Gasteiger partial charge in [-0.2, -0.15) is 4.31 Å². The van der Waals surface area contributed by atoms with Crippen LogP contribution in [0.3, 0.4) is 0 Å². The van der Waals surface area contributed by atoms with Gasteiger partial charge in [-0.05, 0) is 38.1 Å². The van der Waals surface area contributed by atoms with E-state index in [1.807, 2.05) is 13.8 Å². The molecule has 138 valence electrons. The molecule has 0 saturated carbocycles. The number of hydrogen-bond donors (Lipinski definition) is 1. The molecule has 0 bridgehead atoms. The Morgan fingerprint density at radius 3 is 2.28 bits per heavy atom. The van der Waals surface area contributed by atoms with Gasteiger partial charge in [-0.1, -0.05) is 0 Å². The van der Waals surface area contributed by atoms with Crippen molar-refractivity contribution >= 4 is 21.9 Å². The van der Waals surface area contributed by atoms with Gasteiger partial charge in [-0.3, -0.25) is 9.59 Å². The minimum Gasteiger partial charge on any atom is -0.491 e. The van der Waals surface area contributed by atoms with Gasteiger partial charge >= 0.3 is 5.97 Å². The fraction of sp³-hybridized carbons (Fsp3) is 0.500. The molecule has 9 heteroatoms. The molecule has 1 heterocycles. The van der Waals surface area contributed by atoms with E-state index in [2.05, 4.69) is 0 Å². The second-order valence-electron chi connectivity index (χ2n) is 6.07. The van der Waals surface area contributed by atoms with Crippen LogP contribution >= 0.6 is 0 Å². The normalized spacial score (nSPS) is 19.0. The number of aliphatic carboxylic acids is 1. The average molecular weight is 370 g/mol. The molecule has 1 fully saturated rings. The van der Waals surface area contributed by atoms with Crippen molar-refractivity contribution in [3.8, 4) is 5.75 Å². The molecule has 2 rings (SSSR count). The first-order chi connectivity index (χ1) is 11.6. The largest absolute Gasteiger partial charge is 0.491 e. The van der Waals surface area contributed by atoms with Crippen LogP contribution in [0.2, 0.25) is 0 Å². The zero-order valence-electron chi connectivity index (χ0n) is 14.4. The zero-order chi connectivity index (χ0) is 18.8. The van der Waals surface area contributed by atoms with E-state index in [9.17, 15) is 23.1 Å². The second kappa shape index (κ2) is 7.40. The van der Waals surface area contributed by atoms with Gasteiger partial charge < -0.3 is 14.7 Å². The summed E-state index contributed by atoms with van der Waals surface area (Å²) in [5.74, 6) is -1.03. The van der Waals surface area contributed by atoms with E-state index in [-0.39, 0.29) is 36.5 Å². The van der Waals surface area contributed by atoms with Crippen molar-refractivity contribution in [2.45, 2.75) is 37.8 Å². The number of carboxylic acids is 1. The van der Waals surface area contributed by atoms with Gasteiger partial charge in [0.2, 0.25) is 15.9 Å². The minimum atomic E-state index is -3.99. The lowest BCUT2D eigenvalue weighted by Crippen LogP contribution is -2.58. The molecule has 0 aromatic heterocycles. The van der Waals surface area contributed by atoms with Crippen molar-refractivity contribution in [1.29, 1.82) is 0 Å². The molecular formula is C16H22N2O6S. The molecule has 1 N–H and O–H groups in total. The van der Waals surface area contributed by atoms with E-state index in [0.29, 0.717) is 5.75 Å². The maximum absolute atomic E-state index is 12.8. The number of hydrogen-bond acceptors (Lipinski definition) is 5. The van der Waals surface area contributed by atoms with E-state index >= 15 is 0 Å². The number of ether oxygens (including phenoxy) is 1. The van der Waals surface area contributed by atoms with Crippen molar-refractivity contribution in [1.82, 2.24) is 9.21 Å². The van der Waals surface area contributed by atoms with E-state index < -0.39 is 22.0 Å². The van der Waals surface area contributed by atoms with E-state index in [4.69, 9.17) is 4.74 Å². The predicted molar refractivity (Wildman–Crippen MR) is 89.8 cm³/mol. The number of nitrogens with zero attached hydrogens (tertiary/aromatic N) is 2. The Kier molecular flexibility index (Phi) is 5.69. The van der Waals surface area contributed by atoms with Gasteiger partial charge in [0, 0.05) is 26.6 Å². The van der Waals surface area contributed by atoms with Crippen LogP contribution in [0.15, 0.2) is 29.2 Å². The summed E-state index contributed by atoms with van der Waals surface area (Å²) in [4.78, 5) is 24.3. The van der Waals surface area contributed by atoms with Crippen LogP contribution in [-0.4, -0.2) is 66.4 Å². The smallest absolute Gasteiger partial charge is 0.323 e. The first-order valence-corrected chi connectivity index (χ1v) is 9.34. The monoisotopic (exact) mass is 370 g/mol. The van der Waals surface area contributed by atoms with Gasteiger partial charge in [0.05, 0.1) is 11.0 Å². The first kappa shape index (κ1) is 19.2. The molecule has 1 aliphatic heterocycles. The Morgan fingerprint density at radius 1 is 1.20 bits per heavy atom. The summed E-state index contributed by atoms with van der Waals surface area (Å²) in [6.07, 6.45) is -0.0430. The van der Waals surface area contributed by atoms with Crippen LogP contribution in [0.1, 0.15) is 20.8 Å². The molecule has 25 heavy (non-hydrogen) atoms. The number of benzene rings is 1. The summed E-state index contributed by atoms with van der Waals surface area (Å²) in [6.45, 7) is 4.97. The predicted octanol–water partition coefficient (Wildman–Crippen LogP) is 0.780. The number of carbonyl (C=O) groups excluding carboxylic acids is 1. The summed E-state index contributed by atoms with van der Waals surface area (Å²) < 4.78 is 32.1. The Bertz CT molecular complexity index is 744. The number of amides is 1. The average Bonchev–Trinajstić information content (AvgIpc) is 2.54. The molecule has 1 amide bonds. The summed E-state index contributed by atoms with van der Waals surface area (Å²) in [5, 5.41) is 9.40. The number of sulfonamides is 1. The maximum Gasteiger partial charge on any atom is 0.323 e. The SMILES string of the molecule is CC(=O)N1CCN(S(=O)(=O)c2ccc(OC(C)C)cc2)C(C(=O)O)C1. The molecule has 1 unspecified atom stereocenters. The second-order valence-corrected chi connectivity index (χ2v) is 7.96. The highest BCUT2D eigenvalue weighted by Gasteiger charge is 2.40. The third kappa shape index (κ3) is 4.29. The first-order valence-electron chi connectivity index (χ1n) is 7.90. The summed E-state index contributed by atoms with van der Waals surface area (Å²) in [7, 11) is -3.99. The fourth-order valence-electron chi connectivity index (χ4n) is 2.64. The number of carbonyl (C=O) groups is 2. The lowest BCUT2D eigenvalue weighted by molar-refractivity contribution is -0.145. The highest BCUT2D eigenvalue weighted by molar-refractivity contribution is 7.89. The van der Waals surface area contributed by atoms with Gasteiger partial charge in [-0.25, -0.2) is 8.42 Å². The summed E-state index contributed by atoms with van der Waals surface area (Å²) >= 11 is 0. The Hall–Kier alpha value is -2.13. The van der Waals surface area contributed by atoms with Crippen LogP contribution in [0.4, 0.5) is 0 Å². The Labute approximate surface area is 147 Å². The van der Waals surface area contributed by atoms with E-state index in [1.54, 1.807) is 0 Å². The molecule has 1 atom stereocenters. The van der Waals surface area contributed by atoms with Crippen LogP contribution in [0.5, 0.6) is 5.75 Å². The fourth-order valence-corrected chi connectivity index (χ4v) is 4.20. The summed E-state index contributed by atoms with van der Waals surface area (Å²) in [5.41, 5.74) is 0. The molecule has 1 aromatic rings. The third-order valence-electron chi connectivity index (χ3n) is 3.86. The van der Waals surface area contributed by atoms with E-state index in [1.165, 1.54) is 36.1 Å². The molecule has 8 nitrogen and oxygen atoms in total. The van der Waals surface area contributed by atoms with Crippen molar-refractivity contribution in [3.05, 3.63) is 24.3 Å². The van der Waals surface area contributed by atoms with Crippen LogP contribution in [0.25, 0.3) is 0 Å². The standard InChI is InChI=1S/C16H22N2O6S/c1-11(2)24-13-4-6-14(7-5-13)25(22,23)18-9-8-17(12(3)19)10-15(18)16(20)21/h4-7,11,15H,8-10H2,1-3H3,(H,20,21). The molecule has 0 aliphatic carbocycles. The number of piperazine rings is 1. The van der Waals surface area contributed by atoms with Crippen LogP contribution in [-0.2, 0) is 19.6 Å². The molecule has 1 aliphatic rings. The topological polar surface area (TPSA) is 104 Å². The Morgan fingerprint density at radius 2 is 1.80 bits per heavy atom. The van der Waals surface area contributed by atoms with Crippen LogP contribution in [0, 0.1) is 0 Å². The number of rotatable bonds is 5. The van der Waals surface area contributed by atoms with Crippen molar-refractivity contribution in [3.63, 3.8) is 0 Å². The zero-order valence-corrected chi connectivity index (χ0v) is 15.2. The highest BCUT2D eigenvalue weighted by atomic mass is 32.2. The van der Waals surface area contributed by atoms with Gasteiger partial charge in [0.1, 0.15) is 11.8 Å². The van der Waals surface area contributed by atoms with Crippen LogP contribution < -0.4 is 4.74 Å². The maximum atomic E-state index is 12.8. The lowest BCUT2D eigenvalue weighted by Gasteiger charge is -2.38. The molecular weight excluding hydrogens is 348 g/mol. The van der Waals surface area contributed by atoms with Crippen molar-refractivity contribution in [2.75, 3.05) is 19.6 Å². The Balaban J connectivity index is 2.28. The third-order valence-corrected chi connectivity index (χ3v) is 5.79. The summed E-state index contributed by atoms with van der Waals surface area (Å²) in [6, 6.07) is 4.55. The van der Waals surface area contributed by atoms with Gasteiger partial charge in [0.25, 0.3) is 0 Å². The quantitative estimate of drug-likeness (QED) is 0.821. The molecule has 1 saturated heterocycles. The van der Waals surface area contributed by atoms with Crippen molar-refractivity contribution < 1.29 is 27.9 Å². The minimum absolute atomic E-state index is 0.00821. The molecule has 0 spiro atoms.